The zero-order chi connectivity index (χ0) is 13.8. The molecule has 2 N–H and O–H groups in total. The summed E-state index contributed by atoms with van der Waals surface area (Å²) >= 11 is 5.74. The van der Waals surface area contributed by atoms with Crippen molar-refractivity contribution in [3.63, 3.8) is 0 Å². The molecule has 1 heterocycles. The number of nitrogens with zero attached hydrogens (tertiary/aromatic N) is 4. The predicted octanol–water partition coefficient (Wildman–Crippen LogP) is 1.45. The lowest BCUT2D eigenvalue weighted by molar-refractivity contribution is 0.332. The maximum atomic E-state index is 13.1. The van der Waals surface area contributed by atoms with Gasteiger partial charge in [0.05, 0.1) is 22.6 Å². The van der Waals surface area contributed by atoms with E-state index in [0.29, 0.717) is 18.8 Å². The van der Waals surface area contributed by atoms with E-state index in [0.717, 1.165) is 12.2 Å². The van der Waals surface area contributed by atoms with Crippen molar-refractivity contribution in [2.24, 2.45) is 5.73 Å². The second kappa shape index (κ2) is 6.10. The standard InChI is InChI=1S/C12H15ClFN5/c1-18(5-4-15)7-9-8-19(17-16-9)10-2-3-12(14)11(13)6-10/h2-3,6,8H,4-5,7,15H2,1H3. The van der Waals surface area contributed by atoms with Crippen molar-refractivity contribution in [2.75, 3.05) is 20.1 Å². The second-order valence-corrected chi connectivity index (χ2v) is 4.69. The van der Waals surface area contributed by atoms with Crippen LogP contribution in [0.15, 0.2) is 24.4 Å². The van der Waals surface area contributed by atoms with Crippen LogP contribution < -0.4 is 5.73 Å². The number of likely N-dealkylation sites (N-methyl/N-ethyl adjacent to an activating group) is 1. The van der Waals surface area contributed by atoms with E-state index in [2.05, 4.69) is 10.3 Å². The van der Waals surface area contributed by atoms with Gasteiger partial charge in [-0.05, 0) is 25.2 Å². The lowest BCUT2D eigenvalue weighted by atomic mass is 10.3. The number of aromatic nitrogens is 3. The Labute approximate surface area is 115 Å². The number of halogens is 2. The van der Waals surface area contributed by atoms with E-state index in [9.17, 15) is 4.39 Å². The van der Waals surface area contributed by atoms with E-state index in [4.69, 9.17) is 17.3 Å². The van der Waals surface area contributed by atoms with Gasteiger partial charge in [-0.1, -0.05) is 16.8 Å². The van der Waals surface area contributed by atoms with E-state index in [-0.39, 0.29) is 5.02 Å². The first kappa shape index (κ1) is 13.9. The fourth-order valence-corrected chi connectivity index (χ4v) is 1.88. The molecule has 0 aliphatic rings. The van der Waals surface area contributed by atoms with E-state index in [1.54, 1.807) is 16.9 Å². The molecule has 0 amide bonds. The summed E-state index contributed by atoms with van der Waals surface area (Å²) in [6, 6.07) is 4.42. The van der Waals surface area contributed by atoms with Crippen LogP contribution in [0.3, 0.4) is 0 Å². The maximum Gasteiger partial charge on any atom is 0.141 e. The molecular formula is C12H15ClFN5. The third-order valence-corrected chi connectivity index (χ3v) is 2.94. The van der Waals surface area contributed by atoms with Crippen molar-refractivity contribution < 1.29 is 4.39 Å². The summed E-state index contributed by atoms with van der Waals surface area (Å²) in [5.74, 6) is -0.451. The second-order valence-electron chi connectivity index (χ2n) is 4.28. The molecule has 5 nitrogen and oxygen atoms in total. The highest BCUT2D eigenvalue weighted by molar-refractivity contribution is 6.30. The zero-order valence-corrected chi connectivity index (χ0v) is 11.3. The fourth-order valence-electron chi connectivity index (χ4n) is 1.70. The smallest absolute Gasteiger partial charge is 0.141 e. The Morgan fingerprint density at radius 1 is 1.47 bits per heavy atom. The highest BCUT2D eigenvalue weighted by Gasteiger charge is 2.07. The van der Waals surface area contributed by atoms with Gasteiger partial charge in [-0.15, -0.1) is 5.10 Å². The number of hydrogen-bond donors (Lipinski definition) is 1. The summed E-state index contributed by atoms with van der Waals surface area (Å²) in [7, 11) is 1.96. The highest BCUT2D eigenvalue weighted by atomic mass is 35.5. The Balaban J connectivity index is 2.14. The molecule has 0 aliphatic carbocycles. The molecule has 0 spiro atoms. The van der Waals surface area contributed by atoms with Gasteiger partial charge in [0, 0.05) is 19.6 Å². The topological polar surface area (TPSA) is 60.0 Å². The molecule has 0 aliphatic heterocycles. The molecule has 0 atom stereocenters. The van der Waals surface area contributed by atoms with E-state index in [1.807, 2.05) is 11.9 Å². The van der Waals surface area contributed by atoms with Gasteiger partial charge in [0.1, 0.15) is 5.82 Å². The van der Waals surface area contributed by atoms with Crippen molar-refractivity contribution in [3.05, 3.63) is 40.9 Å². The van der Waals surface area contributed by atoms with Crippen molar-refractivity contribution in [1.29, 1.82) is 0 Å². The Kier molecular flexibility index (Phi) is 4.47. The molecule has 2 aromatic rings. The molecule has 1 aromatic heterocycles. The third kappa shape index (κ3) is 3.50. The normalized spacial score (nSPS) is 11.2. The van der Waals surface area contributed by atoms with E-state index >= 15 is 0 Å². The number of hydrogen-bond acceptors (Lipinski definition) is 4. The average Bonchev–Trinajstić information content (AvgIpc) is 2.81. The first-order valence-corrected chi connectivity index (χ1v) is 6.23. The summed E-state index contributed by atoms with van der Waals surface area (Å²) in [6.07, 6.45) is 1.79. The fraction of sp³-hybridized carbons (Fsp3) is 0.333. The molecule has 0 bridgehead atoms. The van der Waals surface area contributed by atoms with Crippen molar-refractivity contribution >= 4 is 11.6 Å². The first-order valence-electron chi connectivity index (χ1n) is 5.85. The molecule has 0 fully saturated rings. The predicted molar refractivity (Wildman–Crippen MR) is 71.7 cm³/mol. The molecular weight excluding hydrogens is 269 g/mol. The largest absolute Gasteiger partial charge is 0.329 e. The van der Waals surface area contributed by atoms with Crippen LogP contribution in [0.4, 0.5) is 4.39 Å². The molecule has 7 heteroatoms. The van der Waals surface area contributed by atoms with Gasteiger partial charge in [-0.25, -0.2) is 9.07 Å². The molecule has 1 aromatic carbocycles. The Bertz CT molecular complexity index is 557. The van der Waals surface area contributed by atoms with Crippen LogP contribution in [0, 0.1) is 5.82 Å². The highest BCUT2D eigenvalue weighted by Crippen LogP contribution is 2.18. The van der Waals surface area contributed by atoms with Crippen molar-refractivity contribution in [3.8, 4) is 5.69 Å². The minimum absolute atomic E-state index is 0.0646. The maximum absolute atomic E-state index is 13.1. The average molecular weight is 284 g/mol. The van der Waals surface area contributed by atoms with Gasteiger partial charge >= 0.3 is 0 Å². The zero-order valence-electron chi connectivity index (χ0n) is 10.6. The molecule has 0 saturated heterocycles. The summed E-state index contributed by atoms with van der Waals surface area (Å²) in [4.78, 5) is 2.05. The molecule has 102 valence electrons. The Morgan fingerprint density at radius 3 is 2.95 bits per heavy atom. The van der Waals surface area contributed by atoms with Crippen LogP contribution in [0.25, 0.3) is 5.69 Å². The lowest BCUT2D eigenvalue weighted by Gasteiger charge is -2.12. The van der Waals surface area contributed by atoms with Crippen molar-refractivity contribution in [2.45, 2.75) is 6.54 Å². The lowest BCUT2D eigenvalue weighted by Crippen LogP contribution is -2.25. The summed E-state index contributed by atoms with van der Waals surface area (Å²) in [5.41, 5.74) is 6.97. The first-order chi connectivity index (χ1) is 9.10. The van der Waals surface area contributed by atoms with Gasteiger partial charge in [0.2, 0.25) is 0 Å². The Morgan fingerprint density at radius 2 is 2.26 bits per heavy atom. The van der Waals surface area contributed by atoms with Gasteiger partial charge in [-0.3, -0.25) is 4.90 Å². The quantitative estimate of drug-likeness (QED) is 0.902. The SMILES string of the molecule is CN(CCN)Cc1cn(-c2ccc(F)c(Cl)c2)nn1. The monoisotopic (exact) mass is 283 g/mol. The molecule has 19 heavy (non-hydrogen) atoms. The minimum Gasteiger partial charge on any atom is -0.329 e. The van der Waals surface area contributed by atoms with Crippen LogP contribution in [-0.2, 0) is 6.54 Å². The molecule has 2 rings (SSSR count). The Hall–Kier alpha value is -1.50. The van der Waals surface area contributed by atoms with Gasteiger partial charge in [0.15, 0.2) is 0 Å². The van der Waals surface area contributed by atoms with Crippen LogP contribution >= 0.6 is 11.6 Å². The summed E-state index contributed by atoms with van der Waals surface area (Å²) in [6.45, 7) is 2.04. The minimum atomic E-state index is -0.451. The van der Waals surface area contributed by atoms with Crippen LogP contribution in [0.1, 0.15) is 5.69 Å². The number of benzene rings is 1. The van der Waals surface area contributed by atoms with Gasteiger partial charge < -0.3 is 5.73 Å². The summed E-state index contributed by atoms with van der Waals surface area (Å²) < 4.78 is 14.6. The van der Waals surface area contributed by atoms with Crippen LogP contribution in [-0.4, -0.2) is 40.0 Å². The van der Waals surface area contributed by atoms with E-state index in [1.165, 1.54) is 12.1 Å². The summed E-state index contributed by atoms with van der Waals surface area (Å²) in [5, 5.41) is 8.12. The van der Waals surface area contributed by atoms with Crippen LogP contribution in [0.2, 0.25) is 5.02 Å². The molecule has 0 saturated carbocycles. The number of nitrogens with two attached hydrogens (primary N) is 1. The van der Waals surface area contributed by atoms with Crippen molar-refractivity contribution in [1.82, 2.24) is 19.9 Å². The molecule has 0 unspecified atom stereocenters. The third-order valence-electron chi connectivity index (χ3n) is 2.65. The van der Waals surface area contributed by atoms with Gasteiger partial charge in [0.25, 0.3) is 0 Å². The molecule has 0 radical (unpaired) electrons. The van der Waals surface area contributed by atoms with Crippen LogP contribution in [0.5, 0.6) is 0 Å². The number of rotatable bonds is 5. The van der Waals surface area contributed by atoms with E-state index < -0.39 is 5.82 Å². The van der Waals surface area contributed by atoms with Gasteiger partial charge in [-0.2, -0.15) is 0 Å².